The number of thiol groups is 2. The van der Waals surface area contributed by atoms with Crippen LogP contribution in [-0.4, -0.2) is 4.98 Å². The average Bonchev–Trinajstić information content (AvgIpc) is 2.56. The van der Waals surface area contributed by atoms with Gasteiger partial charge in [0.05, 0.1) is 0 Å². The third kappa shape index (κ3) is 4.14. The van der Waals surface area contributed by atoms with E-state index >= 15 is 0 Å². The summed E-state index contributed by atoms with van der Waals surface area (Å²) in [6, 6.07) is 18.3. The molecular weight excluding hydrogens is 370 g/mol. The van der Waals surface area contributed by atoms with Gasteiger partial charge in [-0.1, -0.05) is 47.8 Å². The van der Waals surface area contributed by atoms with Crippen LogP contribution >= 0.6 is 48.8 Å². The average molecular weight is 388 g/mol. The van der Waals surface area contributed by atoms with Crippen molar-refractivity contribution in [3.63, 3.8) is 0 Å². The smallest absolute Gasteiger partial charge is 0.105 e. The van der Waals surface area contributed by atoms with E-state index in [1.54, 1.807) is 23.5 Å². The Morgan fingerprint density at radius 2 is 1.33 bits per heavy atom. The third-order valence-electron chi connectivity index (χ3n) is 3.62. The molecule has 0 aliphatic carbocycles. The maximum absolute atomic E-state index is 4.86. The first-order chi connectivity index (χ1) is 11.5. The van der Waals surface area contributed by atoms with Crippen LogP contribution in [0.15, 0.2) is 84.2 Å². The van der Waals surface area contributed by atoms with E-state index in [2.05, 4.69) is 57.3 Å². The predicted molar refractivity (Wildman–Crippen MR) is 109 cm³/mol. The van der Waals surface area contributed by atoms with Crippen molar-refractivity contribution in [3.05, 3.63) is 65.7 Å². The van der Waals surface area contributed by atoms with E-state index < -0.39 is 0 Å². The van der Waals surface area contributed by atoms with Gasteiger partial charge < -0.3 is 0 Å². The fourth-order valence-electron chi connectivity index (χ4n) is 2.13. The van der Waals surface area contributed by atoms with Gasteiger partial charge >= 0.3 is 0 Å². The number of benzene rings is 2. The largest absolute Gasteiger partial charge is 0.234 e. The van der Waals surface area contributed by atoms with Gasteiger partial charge in [0, 0.05) is 19.6 Å². The summed E-state index contributed by atoms with van der Waals surface area (Å²) in [6.45, 7) is 4.25. The van der Waals surface area contributed by atoms with Gasteiger partial charge in [0.1, 0.15) is 10.1 Å². The van der Waals surface area contributed by atoms with Crippen molar-refractivity contribution < 1.29 is 0 Å². The lowest BCUT2D eigenvalue weighted by Crippen LogP contribution is -1.93. The first-order valence-corrected chi connectivity index (χ1v) is 9.97. The number of aryl methyl sites for hydroxylation is 1. The molecule has 3 aromatic rings. The number of rotatable bonds is 4. The van der Waals surface area contributed by atoms with Gasteiger partial charge in [0.2, 0.25) is 0 Å². The third-order valence-corrected chi connectivity index (χ3v) is 6.86. The highest BCUT2D eigenvalue weighted by Crippen LogP contribution is 2.37. The van der Waals surface area contributed by atoms with E-state index in [1.165, 1.54) is 11.1 Å². The molecule has 1 aromatic heterocycles. The lowest BCUT2D eigenvalue weighted by molar-refractivity contribution is 0.952. The molecule has 0 spiro atoms. The summed E-state index contributed by atoms with van der Waals surface area (Å²) in [7, 11) is 0. The second-order valence-corrected chi connectivity index (χ2v) is 8.40. The molecule has 0 bridgehead atoms. The van der Waals surface area contributed by atoms with Gasteiger partial charge in [-0.2, -0.15) is 0 Å². The summed E-state index contributed by atoms with van der Waals surface area (Å²) in [5.74, 6) is 0. The minimum atomic E-state index is 0.970. The molecule has 0 N–H and O–H groups in total. The fourth-order valence-corrected chi connectivity index (χ4v) is 4.69. The summed E-state index contributed by atoms with van der Waals surface area (Å²) in [4.78, 5) is 9.04. The zero-order valence-electron chi connectivity index (χ0n) is 13.4. The molecule has 0 atom stereocenters. The van der Waals surface area contributed by atoms with Crippen molar-refractivity contribution in [1.29, 1.82) is 0 Å². The molecule has 0 fully saturated rings. The highest BCUT2D eigenvalue weighted by Gasteiger charge is 2.11. The van der Waals surface area contributed by atoms with Crippen LogP contribution in [0.4, 0.5) is 0 Å². The van der Waals surface area contributed by atoms with Crippen LogP contribution in [0.1, 0.15) is 11.1 Å². The van der Waals surface area contributed by atoms with Crippen LogP contribution in [0.3, 0.4) is 0 Å². The molecule has 1 nitrogen and oxygen atoms in total. The van der Waals surface area contributed by atoms with Crippen molar-refractivity contribution >= 4 is 48.8 Å². The van der Waals surface area contributed by atoms with E-state index in [-0.39, 0.29) is 0 Å². The second-order valence-electron chi connectivity index (χ2n) is 5.35. The first kappa shape index (κ1) is 17.8. The molecule has 5 heteroatoms. The quantitative estimate of drug-likeness (QED) is 0.491. The van der Waals surface area contributed by atoms with Gasteiger partial charge in [-0.25, -0.2) is 4.98 Å². The minimum Gasteiger partial charge on any atom is -0.234 e. The van der Waals surface area contributed by atoms with Crippen molar-refractivity contribution in [1.82, 2.24) is 4.98 Å². The minimum absolute atomic E-state index is 0.970. The molecule has 0 aliphatic rings. The Bertz CT molecular complexity index is 877. The Morgan fingerprint density at radius 3 is 1.92 bits per heavy atom. The number of aromatic nitrogens is 1. The van der Waals surface area contributed by atoms with Gasteiger partial charge in [0.25, 0.3) is 0 Å². The topological polar surface area (TPSA) is 12.9 Å². The van der Waals surface area contributed by atoms with Crippen LogP contribution in [0, 0.1) is 13.8 Å². The fraction of sp³-hybridized carbons (Fsp3) is 0.105. The number of nitrogens with zero attached hydrogens (tertiary/aromatic N) is 1. The molecule has 0 amide bonds. The molecule has 2 aromatic carbocycles. The Morgan fingerprint density at radius 1 is 0.792 bits per heavy atom. The van der Waals surface area contributed by atoms with Gasteiger partial charge in [-0.15, -0.1) is 25.3 Å². The Hall–Kier alpha value is -1.01. The van der Waals surface area contributed by atoms with Crippen LogP contribution in [0.5, 0.6) is 0 Å². The van der Waals surface area contributed by atoms with Crippen molar-refractivity contribution in [3.8, 4) is 0 Å². The van der Waals surface area contributed by atoms with Crippen LogP contribution in [0.2, 0.25) is 0 Å². The Kier molecular flexibility index (Phi) is 5.87. The molecule has 1 heterocycles. The van der Waals surface area contributed by atoms with Crippen molar-refractivity contribution in [2.24, 2.45) is 0 Å². The molecule has 3 rings (SSSR count). The normalized spacial score (nSPS) is 10.8. The zero-order chi connectivity index (χ0) is 17.1. The molecular formula is C19H17NS4. The Labute approximate surface area is 162 Å². The molecule has 0 aliphatic heterocycles. The Balaban J connectivity index is 1.94. The van der Waals surface area contributed by atoms with E-state index in [1.807, 2.05) is 36.4 Å². The number of hydrogen-bond donors (Lipinski definition) is 2. The summed E-state index contributed by atoms with van der Waals surface area (Å²) in [5, 5.41) is 2.01. The van der Waals surface area contributed by atoms with Crippen LogP contribution in [-0.2, 0) is 0 Å². The monoisotopic (exact) mass is 387 g/mol. The highest BCUT2D eigenvalue weighted by molar-refractivity contribution is 8.00. The highest BCUT2D eigenvalue weighted by atomic mass is 32.2. The van der Waals surface area contributed by atoms with Gasteiger partial charge in [0.15, 0.2) is 0 Å². The molecule has 122 valence electrons. The van der Waals surface area contributed by atoms with Gasteiger partial charge in [-0.3, -0.25) is 0 Å². The molecule has 0 unspecified atom stereocenters. The van der Waals surface area contributed by atoms with Crippen molar-refractivity contribution in [2.45, 2.75) is 43.5 Å². The molecule has 24 heavy (non-hydrogen) atoms. The second kappa shape index (κ2) is 7.91. The van der Waals surface area contributed by atoms with E-state index in [4.69, 9.17) is 4.98 Å². The summed E-state index contributed by atoms with van der Waals surface area (Å²) < 4.78 is 0. The van der Waals surface area contributed by atoms with Gasteiger partial charge in [-0.05, 0) is 55.3 Å². The van der Waals surface area contributed by atoms with E-state index in [9.17, 15) is 0 Å². The lowest BCUT2D eigenvalue weighted by atomic mass is 10.2. The summed E-state index contributed by atoms with van der Waals surface area (Å²) >= 11 is 12.4. The maximum Gasteiger partial charge on any atom is 0.105 e. The van der Waals surface area contributed by atoms with Crippen molar-refractivity contribution in [2.75, 3.05) is 0 Å². The molecule has 0 radical (unpaired) electrons. The summed E-state index contributed by atoms with van der Waals surface area (Å²) in [5.41, 5.74) is 2.45. The molecule has 0 saturated heterocycles. The number of pyridine rings is 1. The first-order valence-electron chi connectivity index (χ1n) is 7.44. The van der Waals surface area contributed by atoms with E-state index in [0.717, 1.165) is 29.6 Å². The van der Waals surface area contributed by atoms with Crippen LogP contribution in [0.25, 0.3) is 0 Å². The lowest BCUT2D eigenvalue weighted by Gasteiger charge is -2.12. The zero-order valence-corrected chi connectivity index (χ0v) is 16.8. The SMILES string of the molecule is Cc1cc(Sc2ccccc2S)nc(Sc2ccccc2S)c1C. The van der Waals surface area contributed by atoms with E-state index in [0.29, 0.717) is 0 Å². The summed E-state index contributed by atoms with van der Waals surface area (Å²) in [6.07, 6.45) is 0. The number of hydrogen-bond acceptors (Lipinski definition) is 5. The predicted octanol–water partition coefficient (Wildman–Crippen LogP) is 6.58. The molecule has 0 saturated carbocycles. The standard InChI is InChI=1S/C19H17NS4/c1-12-11-18(23-16-9-5-3-7-14(16)21)20-19(13(12)2)24-17-10-6-4-8-15(17)22/h3-11,21-22H,1-2H3. The maximum atomic E-state index is 4.86. The van der Waals surface area contributed by atoms with Crippen LogP contribution < -0.4 is 0 Å².